The zero-order valence-corrected chi connectivity index (χ0v) is 12.7. The third kappa shape index (κ3) is 3.46. The number of aliphatic hydroxyl groups is 1. The van der Waals surface area contributed by atoms with Gasteiger partial charge in [-0.2, -0.15) is 0 Å². The van der Waals surface area contributed by atoms with Crippen molar-refractivity contribution >= 4 is 11.3 Å². The molecule has 0 spiro atoms. The fourth-order valence-corrected chi connectivity index (χ4v) is 3.27. The normalized spacial score (nSPS) is 12.9. The lowest BCUT2D eigenvalue weighted by Gasteiger charge is -2.12. The van der Waals surface area contributed by atoms with Crippen LogP contribution in [0.2, 0.25) is 0 Å². The van der Waals surface area contributed by atoms with Crippen molar-refractivity contribution < 1.29 is 5.11 Å². The lowest BCUT2D eigenvalue weighted by molar-refractivity contribution is 0.181. The van der Waals surface area contributed by atoms with Gasteiger partial charge >= 0.3 is 0 Å². The summed E-state index contributed by atoms with van der Waals surface area (Å²) in [6.45, 7) is 6.53. The topological polar surface area (TPSA) is 20.2 Å². The maximum atomic E-state index is 10.4. The molecule has 2 heteroatoms. The van der Waals surface area contributed by atoms with E-state index < -0.39 is 0 Å². The van der Waals surface area contributed by atoms with Crippen LogP contribution in [-0.2, 0) is 12.8 Å². The number of benzene rings is 1. The van der Waals surface area contributed by atoms with Crippen LogP contribution in [0.3, 0.4) is 0 Å². The molecule has 0 saturated carbocycles. The Balaban J connectivity index is 2.08. The maximum absolute atomic E-state index is 10.4. The molecule has 2 rings (SSSR count). The molecule has 0 radical (unpaired) electrons. The second-order valence-electron chi connectivity index (χ2n) is 5.28. The smallest absolute Gasteiger partial charge is 0.0924 e. The molecule has 1 aromatic heterocycles. The van der Waals surface area contributed by atoms with Gasteiger partial charge in [-0.1, -0.05) is 45.0 Å². The molecule has 0 fully saturated rings. The monoisotopic (exact) mass is 274 g/mol. The van der Waals surface area contributed by atoms with Gasteiger partial charge in [-0.15, -0.1) is 11.3 Å². The molecule has 102 valence electrons. The largest absolute Gasteiger partial charge is 0.387 e. The maximum Gasteiger partial charge on any atom is 0.0924 e. The van der Waals surface area contributed by atoms with Crippen molar-refractivity contribution in [3.63, 3.8) is 0 Å². The summed E-state index contributed by atoms with van der Waals surface area (Å²) in [6, 6.07) is 10.7. The van der Waals surface area contributed by atoms with Crippen molar-refractivity contribution in [1.29, 1.82) is 0 Å². The molecular weight excluding hydrogens is 252 g/mol. The average Bonchev–Trinajstić information content (AvgIpc) is 2.87. The summed E-state index contributed by atoms with van der Waals surface area (Å²) >= 11 is 1.66. The molecule has 0 aliphatic heterocycles. The van der Waals surface area contributed by atoms with Gasteiger partial charge in [-0.3, -0.25) is 0 Å². The molecular formula is C17H22OS. The Labute approximate surface area is 119 Å². The molecule has 1 N–H and O–H groups in total. The minimum atomic E-state index is -0.375. The van der Waals surface area contributed by atoms with Gasteiger partial charge in [0.25, 0.3) is 0 Å². The number of aryl methyl sites for hydroxylation is 1. The van der Waals surface area contributed by atoms with Crippen LogP contribution in [0.1, 0.15) is 54.4 Å². The molecule has 0 aliphatic carbocycles. The minimum Gasteiger partial charge on any atom is -0.387 e. The third-order valence-electron chi connectivity index (χ3n) is 3.54. The van der Waals surface area contributed by atoms with E-state index in [0.29, 0.717) is 12.3 Å². The van der Waals surface area contributed by atoms with Crippen LogP contribution >= 0.6 is 11.3 Å². The van der Waals surface area contributed by atoms with Crippen LogP contribution < -0.4 is 0 Å². The summed E-state index contributed by atoms with van der Waals surface area (Å²) in [6.07, 6.45) is 1.31. The van der Waals surface area contributed by atoms with Crippen molar-refractivity contribution in [3.05, 3.63) is 57.3 Å². The Morgan fingerprint density at radius 3 is 2.37 bits per heavy atom. The van der Waals surface area contributed by atoms with Gasteiger partial charge in [0, 0.05) is 11.3 Å². The van der Waals surface area contributed by atoms with Crippen LogP contribution in [0.4, 0.5) is 0 Å². The van der Waals surface area contributed by atoms with Gasteiger partial charge in [-0.05, 0) is 40.5 Å². The van der Waals surface area contributed by atoms with Crippen LogP contribution in [0.15, 0.2) is 35.7 Å². The Kier molecular flexibility index (Phi) is 4.78. The quantitative estimate of drug-likeness (QED) is 0.837. The van der Waals surface area contributed by atoms with Crippen LogP contribution in [0.25, 0.3) is 0 Å². The van der Waals surface area contributed by atoms with E-state index in [4.69, 9.17) is 0 Å². The van der Waals surface area contributed by atoms with E-state index in [-0.39, 0.29) is 6.10 Å². The van der Waals surface area contributed by atoms with E-state index in [1.807, 2.05) is 0 Å². The highest BCUT2D eigenvalue weighted by molar-refractivity contribution is 7.10. The van der Waals surface area contributed by atoms with Gasteiger partial charge < -0.3 is 5.11 Å². The van der Waals surface area contributed by atoms with Gasteiger partial charge in [0.05, 0.1) is 6.10 Å². The van der Waals surface area contributed by atoms with E-state index in [2.05, 4.69) is 56.5 Å². The second kappa shape index (κ2) is 6.36. The SMILES string of the molecule is CCc1ccsc1C(O)Cc1ccc(C(C)C)cc1. The van der Waals surface area contributed by atoms with Crippen LogP contribution in [0.5, 0.6) is 0 Å². The molecule has 0 amide bonds. The Morgan fingerprint density at radius 2 is 1.79 bits per heavy atom. The molecule has 0 aliphatic rings. The van der Waals surface area contributed by atoms with Crippen molar-refractivity contribution in [1.82, 2.24) is 0 Å². The fraction of sp³-hybridized carbons (Fsp3) is 0.412. The summed E-state index contributed by atoms with van der Waals surface area (Å²) in [4.78, 5) is 1.12. The molecule has 2 aromatic rings. The Hall–Kier alpha value is -1.12. The van der Waals surface area contributed by atoms with Gasteiger partial charge in [0.15, 0.2) is 0 Å². The lowest BCUT2D eigenvalue weighted by atomic mass is 9.98. The van der Waals surface area contributed by atoms with Crippen molar-refractivity contribution in [2.75, 3.05) is 0 Å². The zero-order valence-electron chi connectivity index (χ0n) is 11.9. The Bertz CT molecular complexity index is 510. The number of aliphatic hydroxyl groups excluding tert-OH is 1. The third-order valence-corrected chi connectivity index (χ3v) is 4.60. The predicted octanol–water partition coefficient (Wildman–Crippen LogP) is 4.71. The second-order valence-corrected chi connectivity index (χ2v) is 6.23. The van der Waals surface area contributed by atoms with Crippen LogP contribution in [0, 0.1) is 0 Å². The number of hydrogen-bond donors (Lipinski definition) is 1. The molecule has 1 unspecified atom stereocenters. The van der Waals surface area contributed by atoms with E-state index in [0.717, 1.165) is 11.3 Å². The number of hydrogen-bond acceptors (Lipinski definition) is 2. The highest BCUT2D eigenvalue weighted by atomic mass is 32.1. The molecule has 0 bridgehead atoms. The summed E-state index contributed by atoms with van der Waals surface area (Å²) < 4.78 is 0. The first kappa shape index (κ1) is 14.3. The summed E-state index contributed by atoms with van der Waals surface area (Å²) in [5, 5.41) is 12.4. The highest BCUT2D eigenvalue weighted by Crippen LogP contribution is 2.28. The zero-order chi connectivity index (χ0) is 13.8. The summed E-state index contributed by atoms with van der Waals surface area (Å²) in [7, 11) is 0. The summed E-state index contributed by atoms with van der Waals surface area (Å²) in [5.41, 5.74) is 3.83. The van der Waals surface area contributed by atoms with E-state index >= 15 is 0 Å². The van der Waals surface area contributed by atoms with Gasteiger partial charge in [0.1, 0.15) is 0 Å². The molecule has 1 nitrogen and oxygen atoms in total. The van der Waals surface area contributed by atoms with Gasteiger partial charge in [0.2, 0.25) is 0 Å². The van der Waals surface area contributed by atoms with Crippen molar-refractivity contribution in [2.24, 2.45) is 0 Å². The molecule has 19 heavy (non-hydrogen) atoms. The van der Waals surface area contributed by atoms with Gasteiger partial charge in [-0.25, -0.2) is 0 Å². The summed E-state index contributed by atoms with van der Waals surface area (Å²) in [5.74, 6) is 0.558. The molecule has 0 saturated heterocycles. The van der Waals surface area contributed by atoms with Crippen molar-refractivity contribution in [2.45, 2.75) is 45.6 Å². The first-order chi connectivity index (χ1) is 9.11. The van der Waals surface area contributed by atoms with E-state index in [9.17, 15) is 5.11 Å². The number of thiophene rings is 1. The first-order valence-corrected chi connectivity index (χ1v) is 7.83. The molecule has 1 aromatic carbocycles. The highest BCUT2D eigenvalue weighted by Gasteiger charge is 2.13. The first-order valence-electron chi connectivity index (χ1n) is 6.95. The Morgan fingerprint density at radius 1 is 1.11 bits per heavy atom. The standard InChI is InChI=1S/C17H22OS/c1-4-14-9-10-19-17(14)16(18)11-13-5-7-15(8-6-13)12(2)3/h5-10,12,16,18H,4,11H2,1-3H3. The molecule has 1 heterocycles. The number of rotatable bonds is 5. The minimum absolute atomic E-state index is 0.375. The lowest BCUT2D eigenvalue weighted by Crippen LogP contribution is -2.02. The van der Waals surface area contributed by atoms with Crippen LogP contribution in [-0.4, -0.2) is 5.11 Å². The van der Waals surface area contributed by atoms with Crippen molar-refractivity contribution in [3.8, 4) is 0 Å². The predicted molar refractivity (Wildman–Crippen MR) is 82.9 cm³/mol. The van der Waals surface area contributed by atoms with E-state index in [1.165, 1.54) is 16.7 Å². The average molecular weight is 274 g/mol. The van der Waals surface area contributed by atoms with E-state index in [1.54, 1.807) is 11.3 Å². The fourth-order valence-electron chi connectivity index (χ4n) is 2.29. The molecule has 1 atom stereocenters.